The number of aryl methyl sites for hydroxylation is 1. The summed E-state index contributed by atoms with van der Waals surface area (Å²) < 4.78 is 1.68. The van der Waals surface area contributed by atoms with Crippen molar-refractivity contribution < 1.29 is 0 Å². The van der Waals surface area contributed by atoms with Gasteiger partial charge < -0.3 is 5.73 Å². The second-order valence-electron chi connectivity index (χ2n) is 4.20. The summed E-state index contributed by atoms with van der Waals surface area (Å²) in [5.74, 6) is 1.76. The molecule has 4 nitrogen and oxygen atoms in total. The van der Waals surface area contributed by atoms with Gasteiger partial charge in [0.15, 0.2) is 5.82 Å². The number of rotatable bonds is 2. The lowest BCUT2D eigenvalue weighted by molar-refractivity contribution is 0.759. The second kappa shape index (κ2) is 3.96. The Morgan fingerprint density at radius 2 is 2.06 bits per heavy atom. The fourth-order valence-electron chi connectivity index (χ4n) is 1.53. The molecule has 2 N–H and O–H groups in total. The van der Waals surface area contributed by atoms with E-state index in [9.17, 15) is 0 Å². The predicted molar refractivity (Wildman–Crippen MR) is 64.6 cm³/mol. The van der Waals surface area contributed by atoms with Crippen molar-refractivity contribution >= 4 is 5.82 Å². The molecule has 0 amide bonds. The van der Waals surface area contributed by atoms with Crippen molar-refractivity contribution in [2.24, 2.45) is 0 Å². The van der Waals surface area contributed by atoms with Gasteiger partial charge in [-0.05, 0) is 25.0 Å². The van der Waals surface area contributed by atoms with Gasteiger partial charge in [-0.3, -0.25) is 0 Å². The lowest BCUT2D eigenvalue weighted by Crippen LogP contribution is -2.04. The van der Waals surface area contributed by atoms with Crippen LogP contribution in [0.5, 0.6) is 0 Å². The quantitative estimate of drug-likeness (QED) is 0.837. The van der Waals surface area contributed by atoms with Crippen molar-refractivity contribution in [3.63, 3.8) is 0 Å². The van der Waals surface area contributed by atoms with E-state index in [1.54, 1.807) is 4.68 Å². The summed E-state index contributed by atoms with van der Waals surface area (Å²) in [7, 11) is 0. The summed E-state index contributed by atoms with van der Waals surface area (Å²) in [4.78, 5) is 4.40. The standard InChI is InChI=1S/C12H16N4/c1-8(2)10-7-11(13)16(15-10)12-6-4-5-9(3)14-12/h4-8H,13H2,1-3H3. The molecule has 0 bridgehead atoms. The van der Waals surface area contributed by atoms with E-state index < -0.39 is 0 Å². The van der Waals surface area contributed by atoms with Crippen LogP contribution in [0.2, 0.25) is 0 Å². The fourth-order valence-corrected chi connectivity index (χ4v) is 1.53. The van der Waals surface area contributed by atoms with Crippen molar-refractivity contribution in [3.8, 4) is 5.82 Å². The van der Waals surface area contributed by atoms with Crippen molar-refractivity contribution in [2.75, 3.05) is 5.73 Å². The Labute approximate surface area is 95.1 Å². The first-order chi connectivity index (χ1) is 7.58. The lowest BCUT2D eigenvalue weighted by atomic mass is 10.1. The molecule has 0 unspecified atom stereocenters. The molecule has 0 atom stereocenters. The molecular formula is C12H16N4. The van der Waals surface area contributed by atoms with Crippen LogP contribution in [0.25, 0.3) is 5.82 Å². The van der Waals surface area contributed by atoms with E-state index in [4.69, 9.17) is 5.73 Å². The van der Waals surface area contributed by atoms with Crippen LogP contribution in [-0.2, 0) is 0 Å². The predicted octanol–water partition coefficient (Wildman–Crippen LogP) is 2.28. The van der Waals surface area contributed by atoms with Gasteiger partial charge in [0.05, 0.1) is 5.69 Å². The van der Waals surface area contributed by atoms with Crippen molar-refractivity contribution in [1.82, 2.24) is 14.8 Å². The molecule has 0 saturated carbocycles. The molecule has 0 fully saturated rings. The summed E-state index contributed by atoms with van der Waals surface area (Å²) >= 11 is 0. The summed E-state index contributed by atoms with van der Waals surface area (Å²) in [5.41, 5.74) is 7.87. The summed E-state index contributed by atoms with van der Waals surface area (Å²) in [5, 5.41) is 4.45. The largest absolute Gasteiger partial charge is 0.384 e. The third-order valence-electron chi connectivity index (χ3n) is 2.44. The normalized spacial score (nSPS) is 11.0. The maximum atomic E-state index is 5.92. The van der Waals surface area contributed by atoms with Crippen LogP contribution in [0.3, 0.4) is 0 Å². The molecule has 0 aromatic carbocycles. The van der Waals surface area contributed by atoms with E-state index in [0.29, 0.717) is 11.7 Å². The molecule has 2 heterocycles. The SMILES string of the molecule is Cc1cccc(-n2nc(C(C)C)cc2N)n1. The van der Waals surface area contributed by atoms with Crippen LogP contribution in [-0.4, -0.2) is 14.8 Å². The van der Waals surface area contributed by atoms with Gasteiger partial charge in [0.2, 0.25) is 0 Å². The van der Waals surface area contributed by atoms with E-state index >= 15 is 0 Å². The number of hydrogen-bond acceptors (Lipinski definition) is 3. The molecule has 0 aliphatic carbocycles. The second-order valence-corrected chi connectivity index (χ2v) is 4.20. The first kappa shape index (κ1) is 10.7. The molecule has 0 aliphatic heterocycles. The monoisotopic (exact) mass is 216 g/mol. The van der Waals surface area contributed by atoms with Crippen molar-refractivity contribution in [2.45, 2.75) is 26.7 Å². The minimum atomic E-state index is 0.369. The van der Waals surface area contributed by atoms with Crippen LogP contribution < -0.4 is 5.73 Å². The highest BCUT2D eigenvalue weighted by molar-refractivity contribution is 5.40. The molecular weight excluding hydrogens is 200 g/mol. The zero-order valence-electron chi connectivity index (χ0n) is 9.81. The highest BCUT2D eigenvalue weighted by Gasteiger charge is 2.10. The van der Waals surface area contributed by atoms with Gasteiger partial charge in [0.25, 0.3) is 0 Å². The van der Waals surface area contributed by atoms with Crippen molar-refractivity contribution in [1.29, 1.82) is 0 Å². The molecule has 0 spiro atoms. The first-order valence-electron chi connectivity index (χ1n) is 5.37. The lowest BCUT2D eigenvalue weighted by Gasteiger charge is -2.03. The first-order valence-corrected chi connectivity index (χ1v) is 5.37. The highest BCUT2D eigenvalue weighted by atomic mass is 15.3. The number of anilines is 1. The number of nitrogen functional groups attached to an aromatic ring is 1. The van der Waals surface area contributed by atoms with Crippen LogP contribution in [0.15, 0.2) is 24.3 Å². The maximum absolute atomic E-state index is 5.92. The molecule has 2 aromatic heterocycles. The number of nitrogens with zero attached hydrogens (tertiary/aromatic N) is 3. The van der Waals surface area contributed by atoms with Gasteiger partial charge in [-0.25, -0.2) is 4.98 Å². The molecule has 16 heavy (non-hydrogen) atoms. The number of pyridine rings is 1. The minimum Gasteiger partial charge on any atom is -0.384 e. The minimum absolute atomic E-state index is 0.369. The van der Waals surface area contributed by atoms with E-state index in [-0.39, 0.29) is 0 Å². The Kier molecular flexibility index (Phi) is 2.64. The van der Waals surface area contributed by atoms with Gasteiger partial charge >= 0.3 is 0 Å². The molecule has 4 heteroatoms. The summed E-state index contributed by atoms with van der Waals surface area (Å²) in [6.07, 6.45) is 0. The van der Waals surface area contributed by atoms with Crippen LogP contribution in [0.4, 0.5) is 5.82 Å². The van der Waals surface area contributed by atoms with Crippen molar-refractivity contribution in [3.05, 3.63) is 35.7 Å². The third kappa shape index (κ3) is 1.91. The van der Waals surface area contributed by atoms with E-state index in [1.807, 2.05) is 31.2 Å². The van der Waals surface area contributed by atoms with E-state index in [2.05, 4.69) is 23.9 Å². The van der Waals surface area contributed by atoms with Crippen LogP contribution >= 0.6 is 0 Å². The Morgan fingerprint density at radius 3 is 2.62 bits per heavy atom. The Balaban J connectivity index is 2.48. The number of hydrogen-bond donors (Lipinski definition) is 1. The third-order valence-corrected chi connectivity index (χ3v) is 2.44. The highest BCUT2D eigenvalue weighted by Crippen LogP contribution is 2.18. The zero-order valence-corrected chi connectivity index (χ0v) is 9.81. The van der Waals surface area contributed by atoms with Gasteiger partial charge in [0.1, 0.15) is 5.82 Å². The molecule has 0 aliphatic rings. The maximum Gasteiger partial charge on any atom is 0.155 e. The smallest absolute Gasteiger partial charge is 0.155 e. The molecule has 2 rings (SSSR count). The topological polar surface area (TPSA) is 56.7 Å². The van der Waals surface area contributed by atoms with Crippen LogP contribution in [0.1, 0.15) is 31.2 Å². The summed E-state index contributed by atoms with van der Waals surface area (Å²) in [6, 6.07) is 7.70. The molecule has 0 radical (unpaired) electrons. The number of aromatic nitrogens is 3. The molecule has 84 valence electrons. The zero-order chi connectivity index (χ0) is 11.7. The number of nitrogens with two attached hydrogens (primary N) is 1. The Bertz CT molecular complexity index is 499. The Morgan fingerprint density at radius 1 is 1.31 bits per heavy atom. The molecule has 2 aromatic rings. The summed E-state index contributed by atoms with van der Waals surface area (Å²) in [6.45, 7) is 6.14. The van der Waals surface area contributed by atoms with Crippen LogP contribution in [0, 0.1) is 6.92 Å². The van der Waals surface area contributed by atoms with Gasteiger partial charge in [-0.1, -0.05) is 19.9 Å². The average Bonchev–Trinajstić information content (AvgIpc) is 2.60. The average molecular weight is 216 g/mol. The van der Waals surface area contributed by atoms with Gasteiger partial charge in [-0.15, -0.1) is 0 Å². The van der Waals surface area contributed by atoms with E-state index in [0.717, 1.165) is 17.2 Å². The fraction of sp³-hybridized carbons (Fsp3) is 0.333. The van der Waals surface area contributed by atoms with Gasteiger partial charge in [0, 0.05) is 11.8 Å². The Hall–Kier alpha value is -1.84. The molecule has 0 saturated heterocycles. The van der Waals surface area contributed by atoms with Gasteiger partial charge in [-0.2, -0.15) is 9.78 Å². The van der Waals surface area contributed by atoms with E-state index in [1.165, 1.54) is 0 Å².